The summed E-state index contributed by atoms with van der Waals surface area (Å²) in [7, 11) is 3.00. The third-order valence-corrected chi connectivity index (χ3v) is 6.19. The van der Waals surface area contributed by atoms with Crippen LogP contribution in [0.5, 0.6) is 11.5 Å². The zero-order valence-electron chi connectivity index (χ0n) is 20.7. The highest BCUT2D eigenvalue weighted by Gasteiger charge is 2.41. The van der Waals surface area contributed by atoms with Gasteiger partial charge in [-0.2, -0.15) is 26.3 Å². The molecular weight excluding hydrogens is 572 g/mol. The van der Waals surface area contributed by atoms with Crippen molar-refractivity contribution in [1.82, 2.24) is 9.97 Å². The maximum Gasteiger partial charge on any atom is 0.389 e. The molecule has 1 aliphatic heterocycles. The molecule has 3 rings (SSSR count). The van der Waals surface area contributed by atoms with Crippen molar-refractivity contribution in [2.75, 3.05) is 32.2 Å². The standard InChI is InChI=1S/C23H27BrF6N5O2/c1-13-18(19-16(36-3)11-15(24)12-17(19)37-4)20-31-14(2)32-21(35(20)33-13)34(9-5-7-22(25,26)27)10-6-8-23(28,29)30/h11-12,18H,5-10H2,1-4H3/q+1/t18-/m0/s1. The fourth-order valence-electron chi connectivity index (χ4n) is 4.20. The number of halogens is 7. The summed E-state index contributed by atoms with van der Waals surface area (Å²) in [5, 5.41) is 4.56. The van der Waals surface area contributed by atoms with Crippen LogP contribution in [0.15, 0.2) is 21.7 Å². The molecule has 0 amide bonds. The lowest BCUT2D eigenvalue weighted by Crippen LogP contribution is -2.44. The molecule has 0 unspecified atom stereocenters. The van der Waals surface area contributed by atoms with Gasteiger partial charge in [0.1, 0.15) is 17.4 Å². The van der Waals surface area contributed by atoms with E-state index >= 15 is 0 Å². The number of alkyl halides is 6. The molecule has 0 radical (unpaired) electrons. The van der Waals surface area contributed by atoms with Crippen molar-refractivity contribution in [3.05, 3.63) is 33.8 Å². The van der Waals surface area contributed by atoms with E-state index in [9.17, 15) is 26.3 Å². The molecule has 1 atom stereocenters. The Bertz CT molecular complexity index is 1110. The second kappa shape index (κ2) is 11.4. The largest absolute Gasteiger partial charge is 0.496 e. The van der Waals surface area contributed by atoms with Crippen LogP contribution in [0.25, 0.3) is 0 Å². The van der Waals surface area contributed by atoms with Gasteiger partial charge in [-0.3, -0.25) is 4.90 Å². The van der Waals surface area contributed by atoms with Gasteiger partial charge in [0, 0.05) is 24.2 Å². The number of aromatic nitrogens is 3. The normalized spacial score (nSPS) is 15.4. The summed E-state index contributed by atoms with van der Waals surface area (Å²) >= 11 is 3.41. The Balaban J connectivity index is 2.07. The minimum atomic E-state index is -4.39. The molecule has 1 aromatic heterocycles. The second-order valence-electron chi connectivity index (χ2n) is 8.56. The lowest BCUT2D eigenvalue weighted by atomic mass is 9.92. The SMILES string of the molecule is COc1cc(Br)cc(OC)c1[C@@H]1C(C)=N[n+]2c1nc(C)nc2N(CCCC(F)(F)F)CCCC(F)(F)F. The van der Waals surface area contributed by atoms with Gasteiger partial charge in [-0.05, 0) is 31.9 Å². The number of hydrogen-bond donors (Lipinski definition) is 0. The third-order valence-electron chi connectivity index (χ3n) is 5.74. The summed E-state index contributed by atoms with van der Waals surface area (Å²) in [6, 6.07) is 3.51. The lowest BCUT2D eigenvalue weighted by molar-refractivity contribution is -0.674. The molecule has 0 N–H and O–H groups in total. The van der Waals surface area contributed by atoms with Crippen LogP contribution in [0.3, 0.4) is 0 Å². The lowest BCUT2D eigenvalue weighted by Gasteiger charge is -2.21. The average molecular weight is 599 g/mol. The predicted octanol–water partition coefficient (Wildman–Crippen LogP) is 5.71. The first kappa shape index (κ1) is 28.9. The smallest absolute Gasteiger partial charge is 0.389 e. The van der Waals surface area contributed by atoms with Gasteiger partial charge in [0.25, 0.3) is 0 Å². The second-order valence-corrected chi connectivity index (χ2v) is 9.48. The van der Waals surface area contributed by atoms with Gasteiger partial charge in [0.05, 0.1) is 38.6 Å². The van der Waals surface area contributed by atoms with Gasteiger partial charge < -0.3 is 9.47 Å². The van der Waals surface area contributed by atoms with Gasteiger partial charge in [-0.25, -0.2) is 0 Å². The Hall–Kier alpha value is -2.64. The van der Waals surface area contributed by atoms with Crippen LogP contribution >= 0.6 is 15.9 Å². The Morgan fingerprint density at radius 1 is 0.919 bits per heavy atom. The molecular formula is C23H27BrF6N5O2+. The molecule has 1 aliphatic rings. The third kappa shape index (κ3) is 7.23. The number of hydrogen-bond acceptors (Lipinski definition) is 6. The molecule has 37 heavy (non-hydrogen) atoms. The van der Waals surface area contributed by atoms with Crippen LogP contribution < -0.4 is 19.0 Å². The highest BCUT2D eigenvalue weighted by molar-refractivity contribution is 9.10. The van der Waals surface area contributed by atoms with Crippen molar-refractivity contribution in [2.45, 2.75) is 57.8 Å². The zero-order chi connectivity index (χ0) is 27.5. The summed E-state index contributed by atoms with van der Waals surface area (Å²) in [5.74, 6) is 1.25. The topological polar surface area (TPSA) is 63.7 Å². The maximum absolute atomic E-state index is 12.8. The summed E-state index contributed by atoms with van der Waals surface area (Å²) in [5.41, 5.74) is 1.20. The van der Waals surface area contributed by atoms with E-state index < -0.39 is 31.1 Å². The van der Waals surface area contributed by atoms with Crippen molar-refractivity contribution < 1.29 is 40.5 Å². The van der Waals surface area contributed by atoms with Crippen LogP contribution in [0.1, 0.15) is 55.7 Å². The number of ether oxygens (including phenoxy) is 2. The Morgan fingerprint density at radius 3 is 1.89 bits per heavy atom. The molecule has 0 spiro atoms. The fourth-order valence-corrected chi connectivity index (χ4v) is 4.62. The molecule has 2 heterocycles. The van der Waals surface area contributed by atoms with Crippen molar-refractivity contribution >= 4 is 27.6 Å². The van der Waals surface area contributed by atoms with E-state index in [-0.39, 0.29) is 31.9 Å². The highest BCUT2D eigenvalue weighted by Crippen LogP contribution is 2.42. The van der Waals surface area contributed by atoms with E-state index in [0.717, 1.165) is 0 Å². The van der Waals surface area contributed by atoms with Gasteiger partial charge in [0.2, 0.25) is 11.6 Å². The number of methoxy groups -OCH3 is 2. The molecule has 0 saturated carbocycles. The van der Waals surface area contributed by atoms with Crippen molar-refractivity contribution in [3.63, 3.8) is 0 Å². The van der Waals surface area contributed by atoms with E-state index in [1.54, 1.807) is 26.0 Å². The Labute approximate surface area is 218 Å². The van der Waals surface area contributed by atoms with Crippen LogP contribution in [0.4, 0.5) is 32.3 Å². The summed E-state index contributed by atoms with van der Waals surface area (Å²) in [6.45, 7) is 3.04. The molecule has 14 heteroatoms. The molecule has 0 aliphatic carbocycles. The number of rotatable bonds is 10. The minimum absolute atomic E-state index is 0.128. The van der Waals surface area contributed by atoms with Crippen molar-refractivity contribution in [2.24, 2.45) is 5.10 Å². The molecule has 0 fully saturated rings. The zero-order valence-corrected chi connectivity index (χ0v) is 22.3. The number of benzene rings is 1. The first-order valence-electron chi connectivity index (χ1n) is 11.4. The van der Waals surface area contributed by atoms with Crippen molar-refractivity contribution in [1.29, 1.82) is 0 Å². The molecule has 0 saturated heterocycles. The van der Waals surface area contributed by atoms with E-state index in [4.69, 9.17) is 9.47 Å². The molecule has 0 bridgehead atoms. The highest BCUT2D eigenvalue weighted by atomic mass is 79.9. The van der Waals surface area contributed by atoms with Crippen LogP contribution in [-0.2, 0) is 0 Å². The molecule has 204 valence electrons. The van der Waals surface area contributed by atoms with Gasteiger partial charge in [-0.1, -0.05) is 20.9 Å². The summed E-state index contributed by atoms with van der Waals surface area (Å²) < 4.78 is 90.1. The Morgan fingerprint density at radius 2 is 1.43 bits per heavy atom. The number of anilines is 1. The van der Waals surface area contributed by atoms with E-state index in [1.165, 1.54) is 23.8 Å². The number of nitrogens with zero attached hydrogens (tertiary/aromatic N) is 5. The summed E-state index contributed by atoms with van der Waals surface area (Å²) in [4.78, 5) is 10.3. The minimum Gasteiger partial charge on any atom is -0.496 e. The van der Waals surface area contributed by atoms with Crippen LogP contribution in [-0.4, -0.2) is 55.3 Å². The Kier molecular flexibility index (Phi) is 8.91. The van der Waals surface area contributed by atoms with E-state index in [2.05, 4.69) is 31.0 Å². The average Bonchev–Trinajstić information content (AvgIpc) is 3.10. The monoisotopic (exact) mass is 598 g/mol. The van der Waals surface area contributed by atoms with Gasteiger partial charge in [-0.15, -0.1) is 14.8 Å². The number of fused-ring (bicyclic) bond motifs is 1. The van der Waals surface area contributed by atoms with E-state index in [1.807, 2.05) is 0 Å². The molecule has 1 aromatic carbocycles. The predicted molar refractivity (Wildman–Crippen MR) is 127 cm³/mol. The van der Waals surface area contributed by atoms with Crippen molar-refractivity contribution in [3.8, 4) is 11.5 Å². The maximum atomic E-state index is 12.8. The van der Waals surface area contributed by atoms with Crippen LogP contribution in [0.2, 0.25) is 0 Å². The van der Waals surface area contributed by atoms with Gasteiger partial charge in [0.15, 0.2) is 0 Å². The first-order chi connectivity index (χ1) is 17.2. The summed E-state index contributed by atoms with van der Waals surface area (Å²) in [6.07, 6.45) is -11.5. The van der Waals surface area contributed by atoms with Crippen LogP contribution in [0, 0.1) is 6.92 Å². The molecule has 7 nitrogen and oxygen atoms in total. The number of aryl methyl sites for hydroxylation is 1. The fraction of sp³-hybridized carbons (Fsp3) is 0.565. The molecule has 2 aromatic rings. The first-order valence-corrected chi connectivity index (χ1v) is 12.2. The van der Waals surface area contributed by atoms with Gasteiger partial charge >= 0.3 is 18.3 Å². The van der Waals surface area contributed by atoms with E-state index in [0.29, 0.717) is 38.9 Å². The quantitative estimate of drug-likeness (QED) is 0.259.